The van der Waals surface area contributed by atoms with Crippen LogP contribution >= 0.6 is 0 Å². The molecule has 5 rings (SSSR count). The van der Waals surface area contributed by atoms with Gasteiger partial charge in [-0.05, 0) is 55.3 Å². The van der Waals surface area contributed by atoms with Crippen LogP contribution in [-0.2, 0) is 31.1 Å². The maximum Gasteiger partial charge on any atom is 0.241 e. The van der Waals surface area contributed by atoms with E-state index in [0.717, 1.165) is 56.7 Å². The minimum atomic E-state index is -0.212. The molecule has 2 aliphatic heterocycles. The van der Waals surface area contributed by atoms with Crippen LogP contribution in [0.25, 0.3) is 10.9 Å². The van der Waals surface area contributed by atoms with E-state index in [-0.39, 0.29) is 19.2 Å². The molecule has 33 heavy (non-hydrogen) atoms. The molecule has 0 atom stereocenters. The number of amides is 1. The zero-order valence-corrected chi connectivity index (χ0v) is 19.0. The van der Waals surface area contributed by atoms with Gasteiger partial charge in [0, 0.05) is 63.0 Å². The highest BCUT2D eigenvalue weighted by molar-refractivity contribution is 5.98. The summed E-state index contributed by atoms with van der Waals surface area (Å²) in [5, 5.41) is 1.33. The molecule has 3 heterocycles. The van der Waals surface area contributed by atoms with Gasteiger partial charge in [-0.25, -0.2) is 4.39 Å². The number of halogens is 1. The molecule has 0 N–H and O–H groups in total. The summed E-state index contributed by atoms with van der Waals surface area (Å²) in [5.41, 5.74) is 6.22. The smallest absolute Gasteiger partial charge is 0.241 e. The van der Waals surface area contributed by atoms with Crippen molar-refractivity contribution in [2.24, 2.45) is 7.05 Å². The molecule has 0 unspecified atom stereocenters. The molecule has 6 heteroatoms. The number of aryl methyl sites for hydroxylation is 1. The Bertz CT molecular complexity index is 1140. The number of hydrogen-bond donors (Lipinski definition) is 0. The Morgan fingerprint density at radius 2 is 1.70 bits per heavy atom. The lowest BCUT2D eigenvalue weighted by atomic mass is 10.1. The predicted octanol–water partition coefficient (Wildman–Crippen LogP) is 3.88. The highest BCUT2D eigenvalue weighted by Gasteiger charge is 2.26. The third kappa shape index (κ3) is 4.68. The van der Waals surface area contributed by atoms with Gasteiger partial charge in [0.05, 0.1) is 12.1 Å². The third-order valence-corrected chi connectivity index (χ3v) is 7.14. The molecule has 3 aromatic rings. The van der Waals surface area contributed by atoms with Gasteiger partial charge in [0.1, 0.15) is 5.82 Å². The normalized spacial score (nSPS) is 17.7. The number of piperazine rings is 1. The van der Waals surface area contributed by atoms with Crippen molar-refractivity contribution in [1.29, 1.82) is 0 Å². The van der Waals surface area contributed by atoms with Crippen molar-refractivity contribution in [3.05, 3.63) is 65.1 Å². The standard InChI is InChI=1S/C26H31FN4O.CH4/c1-28-12-10-23-22-8-7-21(17-25(22)29(2)24(23)11-13-28)31-16-15-30(18-26(31)32)14-9-19-3-5-20(27)6-4-19;/h3-8,17H,9-16,18H2,1-2H3;1H4. The SMILES string of the molecule is C.CN1CCc2c(n(C)c3cc(N4CCN(CCc5ccc(F)cc5)CC4=O)ccc23)CC1. The van der Waals surface area contributed by atoms with Gasteiger partial charge in [0.2, 0.25) is 5.91 Å². The third-order valence-electron chi connectivity index (χ3n) is 7.14. The first kappa shape index (κ1) is 23.5. The minimum Gasteiger partial charge on any atom is -0.347 e. The van der Waals surface area contributed by atoms with E-state index in [0.29, 0.717) is 13.1 Å². The summed E-state index contributed by atoms with van der Waals surface area (Å²) in [7, 11) is 4.35. The molecule has 0 spiro atoms. The Hall–Kier alpha value is -2.70. The van der Waals surface area contributed by atoms with Crippen LogP contribution in [0.15, 0.2) is 42.5 Å². The van der Waals surface area contributed by atoms with Crippen molar-refractivity contribution < 1.29 is 9.18 Å². The predicted molar refractivity (Wildman–Crippen MR) is 133 cm³/mol. The lowest BCUT2D eigenvalue weighted by molar-refractivity contribution is -0.121. The molecule has 1 amide bonds. The number of nitrogens with zero attached hydrogens (tertiary/aromatic N) is 4. The van der Waals surface area contributed by atoms with Gasteiger partial charge in [-0.2, -0.15) is 0 Å². The van der Waals surface area contributed by atoms with E-state index in [1.165, 1.54) is 34.3 Å². The molecule has 2 aromatic carbocycles. The first-order chi connectivity index (χ1) is 15.5. The van der Waals surface area contributed by atoms with E-state index in [1.807, 2.05) is 17.0 Å². The van der Waals surface area contributed by atoms with Crippen molar-refractivity contribution in [1.82, 2.24) is 14.4 Å². The topological polar surface area (TPSA) is 31.7 Å². The van der Waals surface area contributed by atoms with Crippen LogP contribution < -0.4 is 4.90 Å². The van der Waals surface area contributed by atoms with E-state index in [9.17, 15) is 9.18 Å². The van der Waals surface area contributed by atoms with Gasteiger partial charge in [0.25, 0.3) is 0 Å². The second kappa shape index (κ2) is 9.65. The number of hydrogen-bond acceptors (Lipinski definition) is 3. The number of anilines is 1. The van der Waals surface area contributed by atoms with Crippen LogP contribution in [0.3, 0.4) is 0 Å². The Balaban J connectivity index is 0.00000259. The molecule has 176 valence electrons. The Kier molecular flexibility index (Phi) is 6.86. The summed E-state index contributed by atoms with van der Waals surface area (Å²) in [4.78, 5) is 19.5. The fourth-order valence-electron chi connectivity index (χ4n) is 5.16. The van der Waals surface area contributed by atoms with Crippen molar-refractivity contribution >= 4 is 22.5 Å². The summed E-state index contributed by atoms with van der Waals surface area (Å²) in [6.45, 7) is 4.96. The van der Waals surface area contributed by atoms with E-state index in [4.69, 9.17) is 0 Å². The molecule has 0 saturated carbocycles. The van der Waals surface area contributed by atoms with Crippen LogP contribution in [0.5, 0.6) is 0 Å². The van der Waals surface area contributed by atoms with Crippen LogP contribution in [0.4, 0.5) is 10.1 Å². The van der Waals surface area contributed by atoms with Crippen LogP contribution in [0, 0.1) is 5.82 Å². The highest BCUT2D eigenvalue weighted by Crippen LogP contribution is 2.31. The Morgan fingerprint density at radius 3 is 2.45 bits per heavy atom. The summed E-state index contributed by atoms with van der Waals surface area (Å²) < 4.78 is 15.4. The molecule has 1 saturated heterocycles. The van der Waals surface area contributed by atoms with Gasteiger partial charge in [0.15, 0.2) is 0 Å². The van der Waals surface area contributed by atoms with Crippen molar-refractivity contribution in [2.75, 3.05) is 51.2 Å². The maximum atomic E-state index is 13.1. The molecule has 1 fully saturated rings. The molecular formula is C27H35FN4O. The van der Waals surface area contributed by atoms with E-state index >= 15 is 0 Å². The lowest BCUT2D eigenvalue weighted by Crippen LogP contribution is -2.50. The molecule has 0 radical (unpaired) electrons. The van der Waals surface area contributed by atoms with Gasteiger partial charge >= 0.3 is 0 Å². The van der Waals surface area contributed by atoms with E-state index in [2.05, 4.69) is 46.7 Å². The van der Waals surface area contributed by atoms with Crippen LogP contribution in [-0.4, -0.2) is 66.6 Å². The Labute approximate surface area is 196 Å². The lowest BCUT2D eigenvalue weighted by Gasteiger charge is -2.34. The van der Waals surface area contributed by atoms with Crippen molar-refractivity contribution in [3.63, 3.8) is 0 Å². The monoisotopic (exact) mass is 450 g/mol. The number of aromatic nitrogens is 1. The second-order valence-electron chi connectivity index (χ2n) is 9.19. The number of rotatable bonds is 4. The summed E-state index contributed by atoms with van der Waals surface area (Å²) >= 11 is 0. The highest BCUT2D eigenvalue weighted by atomic mass is 19.1. The maximum absolute atomic E-state index is 13.1. The van der Waals surface area contributed by atoms with Crippen molar-refractivity contribution in [3.8, 4) is 0 Å². The van der Waals surface area contributed by atoms with Gasteiger partial charge in [-0.3, -0.25) is 9.69 Å². The molecule has 1 aromatic heterocycles. The number of likely N-dealkylation sites (N-methyl/N-ethyl adjacent to an activating group) is 1. The van der Waals surface area contributed by atoms with Gasteiger partial charge < -0.3 is 14.4 Å². The zero-order valence-electron chi connectivity index (χ0n) is 19.0. The summed E-state index contributed by atoms with van der Waals surface area (Å²) in [5.74, 6) is -0.0661. The number of fused-ring (bicyclic) bond motifs is 3. The largest absolute Gasteiger partial charge is 0.347 e. The number of carbonyl (C=O) groups excluding carboxylic acids is 1. The van der Waals surface area contributed by atoms with Gasteiger partial charge in [-0.1, -0.05) is 25.6 Å². The molecule has 2 aliphatic rings. The summed E-state index contributed by atoms with van der Waals surface area (Å²) in [6.07, 6.45) is 2.97. The fraction of sp³-hybridized carbons (Fsp3) is 0.444. The quantitative estimate of drug-likeness (QED) is 0.605. The minimum absolute atomic E-state index is 0. The van der Waals surface area contributed by atoms with Crippen molar-refractivity contribution in [2.45, 2.75) is 26.7 Å². The molecule has 0 bridgehead atoms. The van der Waals surface area contributed by atoms with Crippen LogP contribution in [0.2, 0.25) is 0 Å². The Morgan fingerprint density at radius 1 is 0.939 bits per heavy atom. The molecule has 5 nitrogen and oxygen atoms in total. The average molecular weight is 451 g/mol. The average Bonchev–Trinajstić information content (AvgIpc) is 2.92. The van der Waals surface area contributed by atoms with E-state index < -0.39 is 0 Å². The molecule has 0 aliphatic carbocycles. The first-order valence-corrected chi connectivity index (χ1v) is 11.6. The number of benzene rings is 2. The van der Waals surface area contributed by atoms with Crippen LogP contribution in [0.1, 0.15) is 24.2 Å². The summed E-state index contributed by atoms with van der Waals surface area (Å²) in [6, 6.07) is 13.2. The first-order valence-electron chi connectivity index (χ1n) is 11.6. The second-order valence-corrected chi connectivity index (χ2v) is 9.19. The number of carbonyl (C=O) groups is 1. The molecular weight excluding hydrogens is 415 g/mol. The fourth-order valence-corrected chi connectivity index (χ4v) is 5.16. The zero-order chi connectivity index (χ0) is 22.2. The van der Waals surface area contributed by atoms with Gasteiger partial charge in [-0.15, -0.1) is 0 Å². The van der Waals surface area contributed by atoms with E-state index in [1.54, 1.807) is 0 Å².